The van der Waals surface area contributed by atoms with Gasteiger partial charge in [-0.2, -0.15) is 5.26 Å². The molecule has 0 amide bonds. The van der Waals surface area contributed by atoms with Crippen molar-refractivity contribution in [2.45, 2.75) is 25.0 Å². The van der Waals surface area contributed by atoms with Crippen LogP contribution in [-0.2, 0) is 23.7 Å². The van der Waals surface area contributed by atoms with Crippen LogP contribution in [0, 0.1) is 11.3 Å². The maximum absolute atomic E-state index is 8.39. The van der Waals surface area contributed by atoms with Crippen LogP contribution < -0.4 is 0 Å². The van der Waals surface area contributed by atoms with Gasteiger partial charge in [0.25, 0.3) is 0 Å². The van der Waals surface area contributed by atoms with Crippen LogP contribution >= 0.6 is 0 Å². The molecule has 2 unspecified atom stereocenters. The molecule has 1 saturated heterocycles. The molecule has 0 aromatic rings. The van der Waals surface area contributed by atoms with Crippen molar-refractivity contribution in [3.63, 3.8) is 0 Å². The minimum absolute atomic E-state index is 0.147. The summed E-state index contributed by atoms with van der Waals surface area (Å²) in [6.45, 7) is 3.07. The van der Waals surface area contributed by atoms with E-state index < -0.39 is 0 Å². The monoisotopic (exact) mass is 259 g/mol. The van der Waals surface area contributed by atoms with E-state index in [1.54, 1.807) is 7.11 Å². The smallest absolute Gasteiger partial charge is 0.146 e. The Morgan fingerprint density at radius 2 is 2.17 bits per heavy atom. The Labute approximate surface area is 108 Å². The SMILES string of the molecule is COCOC(COCCCC#N)COCC1CO1. The number of rotatable bonds is 12. The molecule has 0 bridgehead atoms. The van der Waals surface area contributed by atoms with Gasteiger partial charge in [0.2, 0.25) is 0 Å². The Hall–Kier alpha value is -0.710. The van der Waals surface area contributed by atoms with Crippen molar-refractivity contribution >= 4 is 0 Å². The van der Waals surface area contributed by atoms with Gasteiger partial charge in [-0.05, 0) is 6.42 Å². The molecule has 2 atom stereocenters. The Morgan fingerprint density at radius 1 is 1.39 bits per heavy atom. The average Bonchev–Trinajstić information content (AvgIpc) is 3.19. The summed E-state index contributed by atoms with van der Waals surface area (Å²) in [7, 11) is 1.57. The first-order chi connectivity index (χ1) is 8.86. The van der Waals surface area contributed by atoms with E-state index >= 15 is 0 Å². The predicted octanol–water partition coefficient (Wildman–Crippen LogP) is 0.711. The minimum Gasteiger partial charge on any atom is -0.379 e. The zero-order valence-corrected chi connectivity index (χ0v) is 10.8. The third kappa shape index (κ3) is 8.39. The maximum atomic E-state index is 8.39. The number of nitriles is 1. The fraction of sp³-hybridized carbons (Fsp3) is 0.917. The highest BCUT2D eigenvalue weighted by Crippen LogP contribution is 2.09. The molecule has 1 heterocycles. The molecule has 0 saturated carbocycles. The van der Waals surface area contributed by atoms with Crippen LogP contribution in [0.4, 0.5) is 0 Å². The average molecular weight is 259 g/mol. The van der Waals surface area contributed by atoms with Crippen LogP contribution in [0.2, 0.25) is 0 Å². The largest absolute Gasteiger partial charge is 0.379 e. The summed E-state index contributed by atoms with van der Waals surface area (Å²) < 4.78 is 26.2. The summed E-state index contributed by atoms with van der Waals surface area (Å²) in [5.74, 6) is 0. The molecule has 104 valence electrons. The van der Waals surface area contributed by atoms with E-state index in [0.717, 1.165) is 13.0 Å². The molecule has 1 aliphatic rings. The van der Waals surface area contributed by atoms with Gasteiger partial charge in [0.15, 0.2) is 0 Å². The molecule has 6 heteroatoms. The van der Waals surface area contributed by atoms with Gasteiger partial charge in [0.05, 0.1) is 32.5 Å². The summed E-state index contributed by atoms with van der Waals surface area (Å²) in [5.41, 5.74) is 0. The van der Waals surface area contributed by atoms with Crippen molar-refractivity contribution in [3.8, 4) is 6.07 Å². The van der Waals surface area contributed by atoms with Gasteiger partial charge in [-0.15, -0.1) is 0 Å². The van der Waals surface area contributed by atoms with E-state index in [1.165, 1.54) is 0 Å². The van der Waals surface area contributed by atoms with Crippen molar-refractivity contribution in [2.24, 2.45) is 0 Å². The number of epoxide rings is 1. The van der Waals surface area contributed by atoms with Crippen molar-refractivity contribution in [1.82, 2.24) is 0 Å². The lowest BCUT2D eigenvalue weighted by atomic mass is 10.3. The Morgan fingerprint density at radius 3 is 2.83 bits per heavy atom. The molecule has 0 aromatic heterocycles. The van der Waals surface area contributed by atoms with Crippen LogP contribution in [0.1, 0.15) is 12.8 Å². The van der Waals surface area contributed by atoms with Crippen LogP contribution in [-0.4, -0.2) is 59.1 Å². The fourth-order valence-corrected chi connectivity index (χ4v) is 1.27. The van der Waals surface area contributed by atoms with Gasteiger partial charge < -0.3 is 23.7 Å². The summed E-state index contributed by atoms with van der Waals surface area (Å²) in [4.78, 5) is 0. The van der Waals surface area contributed by atoms with Crippen molar-refractivity contribution in [3.05, 3.63) is 0 Å². The van der Waals surface area contributed by atoms with E-state index in [1.807, 2.05) is 0 Å². The number of nitrogens with zero attached hydrogens (tertiary/aromatic N) is 1. The molecule has 0 aromatic carbocycles. The molecule has 1 fully saturated rings. The Balaban J connectivity index is 2.02. The highest BCUT2D eigenvalue weighted by atomic mass is 16.7. The molecule has 0 radical (unpaired) electrons. The van der Waals surface area contributed by atoms with Gasteiger partial charge in [-0.25, -0.2) is 0 Å². The third-order valence-electron chi connectivity index (χ3n) is 2.31. The quantitative estimate of drug-likeness (QED) is 0.292. The molecular formula is C12H21NO5. The fourth-order valence-electron chi connectivity index (χ4n) is 1.27. The van der Waals surface area contributed by atoms with Gasteiger partial charge in [0, 0.05) is 20.1 Å². The number of hydrogen-bond acceptors (Lipinski definition) is 6. The number of methoxy groups -OCH3 is 1. The normalized spacial score (nSPS) is 19.4. The predicted molar refractivity (Wildman–Crippen MR) is 63.0 cm³/mol. The van der Waals surface area contributed by atoms with Crippen LogP contribution in [0.5, 0.6) is 0 Å². The van der Waals surface area contributed by atoms with Gasteiger partial charge in [0.1, 0.15) is 19.0 Å². The minimum atomic E-state index is -0.147. The Bertz CT molecular complexity index is 239. The molecule has 1 rings (SSSR count). The second-order valence-corrected chi connectivity index (χ2v) is 4.02. The number of ether oxygens (including phenoxy) is 5. The van der Waals surface area contributed by atoms with E-state index in [4.69, 9.17) is 28.9 Å². The second kappa shape index (κ2) is 10.2. The first-order valence-corrected chi connectivity index (χ1v) is 6.11. The summed E-state index contributed by atoms with van der Waals surface area (Å²) >= 11 is 0. The highest BCUT2D eigenvalue weighted by Gasteiger charge is 2.23. The van der Waals surface area contributed by atoms with Crippen molar-refractivity contribution < 1.29 is 23.7 Å². The lowest BCUT2D eigenvalue weighted by molar-refractivity contribution is -0.121. The van der Waals surface area contributed by atoms with Crippen LogP contribution in [0.15, 0.2) is 0 Å². The van der Waals surface area contributed by atoms with E-state index in [-0.39, 0.29) is 19.0 Å². The summed E-state index contributed by atoms with van der Waals surface area (Å²) in [5, 5.41) is 8.39. The van der Waals surface area contributed by atoms with Gasteiger partial charge in [-0.3, -0.25) is 0 Å². The molecule has 0 spiro atoms. The first kappa shape index (κ1) is 15.3. The molecule has 0 aliphatic carbocycles. The summed E-state index contributed by atoms with van der Waals surface area (Å²) in [6, 6.07) is 2.07. The zero-order valence-electron chi connectivity index (χ0n) is 10.8. The molecule has 6 nitrogen and oxygen atoms in total. The lowest BCUT2D eigenvalue weighted by Gasteiger charge is -2.17. The summed E-state index contributed by atoms with van der Waals surface area (Å²) in [6.07, 6.45) is 1.36. The Kier molecular flexibility index (Phi) is 8.73. The van der Waals surface area contributed by atoms with Gasteiger partial charge >= 0.3 is 0 Å². The molecular weight excluding hydrogens is 238 g/mol. The molecule has 1 aliphatic heterocycles. The molecule has 18 heavy (non-hydrogen) atoms. The number of hydrogen-bond donors (Lipinski definition) is 0. The zero-order chi connectivity index (χ0) is 13.1. The van der Waals surface area contributed by atoms with Gasteiger partial charge in [-0.1, -0.05) is 0 Å². The van der Waals surface area contributed by atoms with E-state index in [2.05, 4.69) is 6.07 Å². The highest BCUT2D eigenvalue weighted by molar-refractivity contribution is 4.69. The first-order valence-electron chi connectivity index (χ1n) is 6.11. The molecule has 0 N–H and O–H groups in total. The topological polar surface area (TPSA) is 73.2 Å². The van der Waals surface area contributed by atoms with E-state index in [9.17, 15) is 0 Å². The third-order valence-corrected chi connectivity index (χ3v) is 2.31. The van der Waals surface area contributed by atoms with Crippen LogP contribution in [0.3, 0.4) is 0 Å². The number of unbranched alkanes of at least 4 members (excludes halogenated alkanes) is 1. The standard InChI is InChI=1S/C12H21NO5/c1-14-10-18-11(6-15-5-3-2-4-13)7-16-8-12-9-17-12/h11-12H,2-3,5-10H2,1H3. The maximum Gasteiger partial charge on any atom is 0.146 e. The van der Waals surface area contributed by atoms with Crippen molar-refractivity contribution in [2.75, 3.05) is 46.9 Å². The van der Waals surface area contributed by atoms with Crippen LogP contribution in [0.25, 0.3) is 0 Å². The second-order valence-electron chi connectivity index (χ2n) is 4.02. The lowest BCUT2D eigenvalue weighted by Crippen LogP contribution is -2.27. The van der Waals surface area contributed by atoms with E-state index in [0.29, 0.717) is 32.8 Å². The van der Waals surface area contributed by atoms with Crippen molar-refractivity contribution in [1.29, 1.82) is 5.26 Å².